The van der Waals surface area contributed by atoms with Crippen molar-refractivity contribution in [3.8, 4) is 5.75 Å². The Hall–Kier alpha value is -1.06. The zero-order valence-electron chi connectivity index (χ0n) is 13.7. The van der Waals surface area contributed by atoms with E-state index in [0.717, 1.165) is 11.7 Å². The van der Waals surface area contributed by atoms with E-state index < -0.39 is 0 Å². The highest BCUT2D eigenvalue weighted by Crippen LogP contribution is 2.33. The van der Waals surface area contributed by atoms with Gasteiger partial charge in [0.25, 0.3) is 0 Å². The van der Waals surface area contributed by atoms with Gasteiger partial charge in [0.1, 0.15) is 5.75 Å². The number of methoxy groups -OCH3 is 1. The highest BCUT2D eigenvalue weighted by molar-refractivity contribution is 5.30. The van der Waals surface area contributed by atoms with Crippen LogP contribution in [0.1, 0.15) is 50.6 Å². The summed E-state index contributed by atoms with van der Waals surface area (Å²) in [6.07, 6.45) is 6.65. The fraction of sp³-hybridized carbons (Fsp3) is 0.667. The van der Waals surface area contributed by atoms with Crippen LogP contribution in [0.25, 0.3) is 0 Å². The van der Waals surface area contributed by atoms with Crippen LogP contribution < -0.4 is 10.5 Å². The average Bonchev–Trinajstić information content (AvgIpc) is 2.55. The molecule has 3 heteroatoms. The molecule has 1 unspecified atom stereocenters. The SMILES string of the molecule is CCC1CCC(N(C)C(CN)c2cccc(OC)c2)CC1. The van der Waals surface area contributed by atoms with Crippen molar-refractivity contribution in [2.75, 3.05) is 20.7 Å². The van der Waals surface area contributed by atoms with Crippen LogP contribution >= 0.6 is 0 Å². The molecule has 0 heterocycles. The summed E-state index contributed by atoms with van der Waals surface area (Å²) in [4.78, 5) is 2.49. The van der Waals surface area contributed by atoms with E-state index in [2.05, 4.69) is 37.1 Å². The smallest absolute Gasteiger partial charge is 0.119 e. The number of nitrogens with zero attached hydrogens (tertiary/aromatic N) is 1. The summed E-state index contributed by atoms with van der Waals surface area (Å²) in [6.45, 7) is 2.96. The molecule has 1 aliphatic rings. The van der Waals surface area contributed by atoms with E-state index in [1.165, 1.54) is 37.7 Å². The lowest BCUT2D eigenvalue weighted by atomic mass is 9.83. The Bertz CT molecular complexity index is 427. The minimum absolute atomic E-state index is 0.281. The van der Waals surface area contributed by atoms with E-state index in [1.807, 2.05) is 6.07 Å². The Morgan fingerprint density at radius 3 is 2.57 bits per heavy atom. The van der Waals surface area contributed by atoms with Gasteiger partial charge in [0, 0.05) is 18.6 Å². The highest BCUT2D eigenvalue weighted by Gasteiger charge is 2.27. The number of benzene rings is 1. The molecule has 3 nitrogen and oxygen atoms in total. The summed E-state index contributed by atoms with van der Waals surface area (Å²) < 4.78 is 5.34. The third-order valence-electron chi connectivity index (χ3n) is 5.16. The van der Waals surface area contributed by atoms with Crippen LogP contribution in [0.15, 0.2) is 24.3 Å². The maximum absolute atomic E-state index is 6.07. The van der Waals surface area contributed by atoms with E-state index >= 15 is 0 Å². The van der Waals surface area contributed by atoms with E-state index in [4.69, 9.17) is 10.5 Å². The third kappa shape index (κ3) is 3.98. The second kappa shape index (κ2) is 7.81. The van der Waals surface area contributed by atoms with Gasteiger partial charge in [-0.25, -0.2) is 0 Å². The molecule has 0 aromatic heterocycles. The van der Waals surface area contributed by atoms with Gasteiger partial charge >= 0.3 is 0 Å². The van der Waals surface area contributed by atoms with Crippen molar-refractivity contribution in [1.29, 1.82) is 0 Å². The molecular weight excluding hydrogens is 260 g/mol. The van der Waals surface area contributed by atoms with Gasteiger partial charge in [-0.15, -0.1) is 0 Å². The van der Waals surface area contributed by atoms with Crippen molar-refractivity contribution in [1.82, 2.24) is 4.90 Å². The molecule has 0 saturated heterocycles. The number of ether oxygens (including phenoxy) is 1. The van der Waals surface area contributed by atoms with E-state index in [0.29, 0.717) is 12.6 Å². The predicted molar refractivity (Wildman–Crippen MR) is 88.6 cm³/mol. The number of rotatable bonds is 6. The van der Waals surface area contributed by atoms with Crippen LogP contribution in [-0.2, 0) is 0 Å². The molecule has 118 valence electrons. The molecule has 0 aliphatic heterocycles. The van der Waals surface area contributed by atoms with Gasteiger partial charge in [-0.1, -0.05) is 25.5 Å². The van der Waals surface area contributed by atoms with Gasteiger partial charge in [-0.3, -0.25) is 4.90 Å². The van der Waals surface area contributed by atoms with Crippen molar-refractivity contribution < 1.29 is 4.74 Å². The van der Waals surface area contributed by atoms with Gasteiger partial charge in [0.05, 0.1) is 7.11 Å². The minimum atomic E-state index is 0.281. The summed E-state index contributed by atoms with van der Waals surface area (Å²) in [6, 6.07) is 9.26. The van der Waals surface area contributed by atoms with Gasteiger partial charge in [-0.2, -0.15) is 0 Å². The quantitative estimate of drug-likeness (QED) is 0.870. The van der Waals surface area contributed by atoms with E-state index in [1.54, 1.807) is 7.11 Å². The maximum atomic E-state index is 6.07. The average molecular weight is 290 g/mol. The lowest BCUT2D eigenvalue weighted by molar-refractivity contribution is 0.122. The van der Waals surface area contributed by atoms with Gasteiger partial charge in [0.2, 0.25) is 0 Å². The number of hydrogen-bond donors (Lipinski definition) is 1. The predicted octanol–water partition coefficient (Wildman–Crippen LogP) is 3.60. The standard InChI is InChI=1S/C18H30N2O/c1-4-14-8-10-16(11-9-14)20(2)18(13-19)15-6-5-7-17(12-15)21-3/h5-7,12,14,16,18H,4,8-11,13,19H2,1-3H3. The lowest BCUT2D eigenvalue weighted by Gasteiger charge is -2.39. The van der Waals surface area contributed by atoms with Crippen molar-refractivity contribution in [2.24, 2.45) is 11.7 Å². The first kappa shape index (κ1) is 16.3. The second-order valence-corrected chi connectivity index (χ2v) is 6.28. The van der Waals surface area contributed by atoms with Crippen LogP contribution in [0, 0.1) is 5.92 Å². The van der Waals surface area contributed by atoms with Crippen molar-refractivity contribution in [2.45, 2.75) is 51.1 Å². The lowest BCUT2D eigenvalue weighted by Crippen LogP contribution is -2.40. The second-order valence-electron chi connectivity index (χ2n) is 6.28. The Kier molecular flexibility index (Phi) is 6.07. The molecule has 1 saturated carbocycles. The fourth-order valence-corrected chi connectivity index (χ4v) is 3.60. The summed E-state index contributed by atoms with van der Waals surface area (Å²) in [5.41, 5.74) is 7.34. The zero-order valence-corrected chi connectivity index (χ0v) is 13.7. The summed E-state index contributed by atoms with van der Waals surface area (Å²) >= 11 is 0. The summed E-state index contributed by atoms with van der Waals surface area (Å²) in [5.74, 6) is 1.84. The molecule has 2 rings (SSSR count). The third-order valence-corrected chi connectivity index (χ3v) is 5.16. The van der Waals surface area contributed by atoms with E-state index in [9.17, 15) is 0 Å². The van der Waals surface area contributed by atoms with Crippen molar-refractivity contribution >= 4 is 0 Å². The molecular formula is C18H30N2O. The Morgan fingerprint density at radius 1 is 1.29 bits per heavy atom. The van der Waals surface area contributed by atoms with E-state index in [-0.39, 0.29) is 6.04 Å². The van der Waals surface area contributed by atoms with Crippen LogP contribution in [0.4, 0.5) is 0 Å². The zero-order chi connectivity index (χ0) is 15.2. The van der Waals surface area contributed by atoms with Gasteiger partial charge < -0.3 is 10.5 Å². The summed E-state index contributed by atoms with van der Waals surface area (Å²) in [7, 11) is 3.94. The first-order valence-electron chi connectivity index (χ1n) is 8.25. The van der Waals surface area contributed by atoms with Gasteiger partial charge in [0.15, 0.2) is 0 Å². The Morgan fingerprint density at radius 2 is 2.00 bits per heavy atom. The number of nitrogens with two attached hydrogens (primary N) is 1. The normalized spacial score (nSPS) is 24.0. The van der Waals surface area contributed by atoms with Crippen LogP contribution in [0.3, 0.4) is 0 Å². The number of hydrogen-bond acceptors (Lipinski definition) is 3. The molecule has 0 spiro atoms. The molecule has 1 aromatic carbocycles. The summed E-state index contributed by atoms with van der Waals surface area (Å²) in [5, 5.41) is 0. The van der Waals surface area contributed by atoms with Crippen LogP contribution in [0.2, 0.25) is 0 Å². The van der Waals surface area contributed by atoms with Crippen LogP contribution in [-0.4, -0.2) is 31.6 Å². The van der Waals surface area contributed by atoms with Crippen LogP contribution in [0.5, 0.6) is 5.75 Å². The Balaban J connectivity index is 2.06. The molecule has 21 heavy (non-hydrogen) atoms. The topological polar surface area (TPSA) is 38.5 Å². The molecule has 0 bridgehead atoms. The number of likely N-dealkylation sites (N-methyl/N-ethyl adjacent to an activating group) is 1. The maximum Gasteiger partial charge on any atom is 0.119 e. The minimum Gasteiger partial charge on any atom is -0.497 e. The molecule has 1 aromatic rings. The molecule has 0 amide bonds. The monoisotopic (exact) mass is 290 g/mol. The van der Waals surface area contributed by atoms with Crippen molar-refractivity contribution in [3.05, 3.63) is 29.8 Å². The molecule has 1 atom stereocenters. The fourth-order valence-electron chi connectivity index (χ4n) is 3.60. The Labute approximate surface area is 129 Å². The first-order chi connectivity index (χ1) is 10.2. The molecule has 1 aliphatic carbocycles. The first-order valence-corrected chi connectivity index (χ1v) is 8.25. The molecule has 1 fully saturated rings. The molecule has 0 radical (unpaired) electrons. The van der Waals surface area contributed by atoms with Crippen molar-refractivity contribution in [3.63, 3.8) is 0 Å². The van der Waals surface area contributed by atoms with Gasteiger partial charge in [-0.05, 0) is 56.3 Å². The molecule has 2 N–H and O–H groups in total. The highest BCUT2D eigenvalue weighted by atomic mass is 16.5. The largest absolute Gasteiger partial charge is 0.497 e.